The van der Waals surface area contributed by atoms with Crippen molar-refractivity contribution in [2.24, 2.45) is 0 Å². The summed E-state index contributed by atoms with van der Waals surface area (Å²) >= 11 is 0. The molecule has 4 aromatic rings. The second kappa shape index (κ2) is 10.6. The molecule has 5 rings (SSSR count). The second-order valence-corrected chi connectivity index (χ2v) is 8.92. The summed E-state index contributed by atoms with van der Waals surface area (Å²) in [7, 11) is 3.23. The van der Waals surface area contributed by atoms with E-state index < -0.39 is 0 Å². The highest BCUT2D eigenvalue weighted by atomic mass is 16.5. The summed E-state index contributed by atoms with van der Waals surface area (Å²) in [6.07, 6.45) is 3.22. The molecule has 6 heteroatoms. The van der Waals surface area contributed by atoms with Crippen molar-refractivity contribution in [2.45, 2.75) is 25.9 Å². The highest BCUT2D eigenvalue weighted by molar-refractivity contribution is 5.90. The number of anilines is 1. The first-order valence-electron chi connectivity index (χ1n) is 12.0. The van der Waals surface area contributed by atoms with E-state index in [1.54, 1.807) is 20.4 Å². The number of hydrogen-bond acceptors (Lipinski definition) is 6. The number of hydrogen-bond donors (Lipinski definition) is 1. The third kappa shape index (κ3) is 4.93. The molecule has 1 aliphatic heterocycles. The number of para-hydroxylation sites is 1. The van der Waals surface area contributed by atoms with Gasteiger partial charge in [-0.1, -0.05) is 42.5 Å². The van der Waals surface area contributed by atoms with Crippen molar-refractivity contribution in [1.82, 2.24) is 4.90 Å². The van der Waals surface area contributed by atoms with Gasteiger partial charge in [-0.25, -0.2) is 0 Å². The smallest absolute Gasteiger partial charge is 0.204 e. The molecule has 2 heterocycles. The topological polar surface area (TPSA) is 70.7 Å². The van der Waals surface area contributed by atoms with E-state index in [4.69, 9.17) is 13.9 Å². The average molecular weight is 480 g/mol. The van der Waals surface area contributed by atoms with Crippen molar-refractivity contribution in [3.05, 3.63) is 101 Å². The van der Waals surface area contributed by atoms with Crippen molar-refractivity contribution >= 4 is 16.7 Å². The number of benzene rings is 3. The fourth-order valence-corrected chi connectivity index (χ4v) is 4.77. The van der Waals surface area contributed by atoms with Gasteiger partial charge in [0.15, 0.2) is 11.3 Å². The summed E-state index contributed by atoms with van der Waals surface area (Å²) in [6.45, 7) is 2.57. The summed E-state index contributed by atoms with van der Waals surface area (Å²) in [6, 6.07) is 24.7. The molecule has 0 fully saturated rings. The number of nitriles is 1. The number of allylic oxidation sites excluding steroid dienone is 1. The van der Waals surface area contributed by atoms with E-state index in [1.165, 1.54) is 11.1 Å². The van der Waals surface area contributed by atoms with Crippen LogP contribution in [-0.2, 0) is 25.9 Å². The Bertz CT molecular complexity index is 1430. The number of ether oxygens (including phenoxy) is 2. The van der Waals surface area contributed by atoms with Crippen LogP contribution in [0.3, 0.4) is 0 Å². The van der Waals surface area contributed by atoms with Crippen LogP contribution in [0.1, 0.15) is 22.5 Å². The molecule has 0 radical (unpaired) electrons. The first kappa shape index (κ1) is 23.5. The van der Waals surface area contributed by atoms with E-state index in [9.17, 15) is 5.26 Å². The SMILES string of the molecule is COc1cc(C/C(C#N)=C/Nc2ccccc2)c2cc(CN3CCc4ccccc4C3)oc2c1OC. The van der Waals surface area contributed by atoms with Gasteiger partial charge in [0.05, 0.1) is 26.8 Å². The lowest BCUT2D eigenvalue weighted by molar-refractivity contribution is 0.227. The molecule has 0 bridgehead atoms. The predicted molar refractivity (Wildman–Crippen MR) is 141 cm³/mol. The molecule has 3 aromatic carbocycles. The van der Waals surface area contributed by atoms with Crippen LogP contribution in [0.15, 0.2) is 82.9 Å². The molecule has 0 unspecified atom stereocenters. The molecule has 182 valence electrons. The standard InChI is InChI=1S/C30H29N3O3/c1-34-28-15-24(14-21(17-31)18-32-25-10-4-3-5-11-25)27-16-26(36-29(27)30(28)35-2)20-33-13-12-22-8-6-7-9-23(22)19-33/h3-11,15-16,18,32H,12-14,19-20H2,1-2H3/b21-18-. The number of rotatable bonds is 8. The maximum atomic E-state index is 9.82. The Morgan fingerprint density at radius 1 is 1.06 bits per heavy atom. The molecule has 0 amide bonds. The van der Waals surface area contributed by atoms with Crippen LogP contribution >= 0.6 is 0 Å². The molecular formula is C30H29N3O3. The molecule has 1 N–H and O–H groups in total. The van der Waals surface area contributed by atoms with Crippen molar-refractivity contribution in [2.75, 3.05) is 26.1 Å². The Morgan fingerprint density at radius 2 is 1.83 bits per heavy atom. The van der Waals surface area contributed by atoms with Crippen LogP contribution in [0.25, 0.3) is 11.0 Å². The fourth-order valence-electron chi connectivity index (χ4n) is 4.77. The summed E-state index contributed by atoms with van der Waals surface area (Å²) < 4.78 is 17.6. The van der Waals surface area contributed by atoms with Gasteiger partial charge < -0.3 is 19.2 Å². The zero-order valence-electron chi connectivity index (χ0n) is 20.6. The quantitative estimate of drug-likeness (QED) is 0.309. The number of nitrogens with zero attached hydrogens (tertiary/aromatic N) is 2. The van der Waals surface area contributed by atoms with Gasteiger partial charge >= 0.3 is 0 Å². The zero-order chi connectivity index (χ0) is 24.9. The highest BCUT2D eigenvalue weighted by Crippen LogP contribution is 2.40. The van der Waals surface area contributed by atoms with Crippen molar-refractivity contribution < 1.29 is 13.9 Å². The van der Waals surface area contributed by atoms with Crippen molar-refractivity contribution in [1.29, 1.82) is 5.26 Å². The minimum Gasteiger partial charge on any atom is -0.493 e. The molecule has 0 spiro atoms. The lowest BCUT2D eigenvalue weighted by Crippen LogP contribution is -2.29. The van der Waals surface area contributed by atoms with Gasteiger partial charge in [-0.3, -0.25) is 4.90 Å². The minimum atomic E-state index is 0.434. The van der Waals surface area contributed by atoms with Gasteiger partial charge in [0.25, 0.3) is 0 Å². The minimum absolute atomic E-state index is 0.434. The second-order valence-electron chi connectivity index (χ2n) is 8.92. The zero-order valence-corrected chi connectivity index (χ0v) is 20.6. The van der Waals surface area contributed by atoms with E-state index in [1.807, 2.05) is 36.4 Å². The third-order valence-corrected chi connectivity index (χ3v) is 6.59. The van der Waals surface area contributed by atoms with Crippen LogP contribution in [-0.4, -0.2) is 25.7 Å². The van der Waals surface area contributed by atoms with Gasteiger partial charge in [0.1, 0.15) is 5.76 Å². The largest absolute Gasteiger partial charge is 0.493 e. The van der Waals surface area contributed by atoms with Gasteiger partial charge in [0, 0.05) is 42.4 Å². The Balaban J connectivity index is 1.44. The number of furan rings is 1. The van der Waals surface area contributed by atoms with Crippen LogP contribution in [0.2, 0.25) is 0 Å². The fraction of sp³-hybridized carbons (Fsp3) is 0.233. The van der Waals surface area contributed by atoms with Crippen LogP contribution in [0.4, 0.5) is 5.69 Å². The molecule has 36 heavy (non-hydrogen) atoms. The van der Waals surface area contributed by atoms with Crippen LogP contribution < -0.4 is 14.8 Å². The molecule has 1 aromatic heterocycles. The summed E-state index contributed by atoms with van der Waals surface area (Å²) in [4.78, 5) is 2.40. The molecule has 6 nitrogen and oxygen atoms in total. The molecule has 1 aliphatic rings. The molecule has 0 atom stereocenters. The monoisotopic (exact) mass is 479 g/mol. The summed E-state index contributed by atoms with van der Waals surface area (Å²) in [5.41, 5.74) is 5.91. The maximum Gasteiger partial charge on any atom is 0.204 e. The Kier molecular flexibility index (Phi) is 6.92. The molecule has 0 saturated heterocycles. The van der Waals surface area contributed by atoms with Gasteiger partial charge in [-0.15, -0.1) is 0 Å². The Morgan fingerprint density at radius 3 is 2.58 bits per heavy atom. The number of nitrogens with one attached hydrogen (secondary N) is 1. The first-order valence-corrected chi connectivity index (χ1v) is 12.0. The van der Waals surface area contributed by atoms with E-state index in [0.29, 0.717) is 35.6 Å². The van der Waals surface area contributed by atoms with E-state index >= 15 is 0 Å². The average Bonchev–Trinajstić information content (AvgIpc) is 3.34. The van der Waals surface area contributed by atoms with E-state index in [-0.39, 0.29) is 0 Å². The van der Waals surface area contributed by atoms with Crippen molar-refractivity contribution in [3.63, 3.8) is 0 Å². The lowest BCUT2D eigenvalue weighted by Gasteiger charge is -2.27. The summed E-state index contributed by atoms with van der Waals surface area (Å²) in [5, 5.41) is 14.0. The van der Waals surface area contributed by atoms with Crippen molar-refractivity contribution in [3.8, 4) is 17.6 Å². The van der Waals surface area contributed by atoms with Gasteiger partial charge in [-0.2, -0.15) is 5.26 Å². The Labute approximate surface area is 211 Å². The first-order chi connectivity index (χ1) is 17.7. The normalized spacial score (nSPS) is 13.8. The molecule has 0 saturated carbocycles. The lowest BCUT2D eigenvalue weighted by atomic mass is 10.00. The van der Waals surface area contributed by atoms with Crippen LogP contribution in [0.5, 0.6) is 11.5 Å². The van der Waals surface area contributed by atoms with Crippen LogP contribution in [0, 0.1) is 11.3 Å². The third-order valence-electron chi connectivity index (χ3n) is 6.59. The number of methoxy groups -OCH3 is 2. The van der Waals surface area contributed by atoms with Gasteiger partial charge in [-0.05, 0) is 47.4 Å². The molecular weight excluding hydrogens is 450 g/mol. The highest BCUT2D eigenvalue weighted by Gasteiger charge is 2.22. The van der Waals surface area contributed by atoms with E-state index in [0.717, 1.165) is 41.9 Å². The molecule has 0 aliphatic carbocycles. The number of fused-ring (bicyclic) bond motifs is 2. The van der Waals surface area contributed by atoms with E-state index in [2.05, 4.69) is 46.6 Å². The summed E-state index contributed by atoms with van der Waals surface area (Å²) in [5.74, 6) is 2.01. The predicted octanol–water partition coefficient (Wildman–Crippen LogP) is 6.07. The van der Waals surface area contributed by atoms with Gasteiger partial charge in [0.2, 0.25) is 5.75 Å². The maximum absolute atomic E-state index is 9.82. The Hall–Kier alpha value is -4.21.